The van der Waals surface area contributed by atoms with Crippen molar-refractivity contribution in [2.24, 2.45) is 10.9 Å². The van der Waals surface area contributed by atoms with E-state index < -0.39 is 0 Å². The summed E-state index contributed by atoms with van der Waals surface area (Å²) in [6, 6.07) is 16.1. The molecule has 4 aromatic rings. The van der Waals surface area contributed by atoms with Gasteiger partial charge in [-0.15, -0.1) is 0 Å². The van der Waals surface area contributed by atoms with Gasteiger partial charge >= 0.3 is 0 Å². The van der Waals surface area contributed by atoms with Gasteiger partial charge in [0.05, 0.1) is 5.56 Å². The third-order valence-electron chi connectivity index (χ3n) is 4.18. The highest BCUT2D eigenvalue weighted by Crippen LogP contribution is 2.18. The van der Waals surface area contributed by atoms with Crippen LogP contribution in [0.5, 0.6) is 0 Å². The van der Waals surface area contributed by atoms with Crippen molar-refractivity contribution in [3.63, 3.8) is 0 Å². The Labute approximate surface area is 164 Å². The molecule has 0 aliphatic heterocycles. The molecular weight excluding hydrogens is 350 g/mol. The van der Waals surface area contributed by atoms with Gasteiger partial charge in [0.1, 0.15) is 12.9 Å². The SMILES string of the molecule is C.CO/N=C(\N)Cc1c[nH]c2ccccc12.[C-]#[N+]Cc1c[nH]c2ccccc12. The van der Waals surface area contributed by atoms with Crippen LogP contribution in [-0.4, -0.2) is 22.9 Å². The number of fused-ring (bicyclic) bond motifs is 2. The molecule has 0 aliphatic rings. The highest BCUT2D eigenvalue weighted by atomic mass is 16.6. The molecule has 6 nitrogen and oxygen atoms in total. The van der Waals surface area contributed by atoms with Crippen LogP contribution in [0.4, 0.5) is 0 Å². The second-order valence-corrected chi connectivity index (χ2v) is 5.98. The molecule has 0 spiro atoms. The normalized spacial score (nSPS) is 10.6. The summed E-state index contributed by atoms with van der Waals surface area (Å²) in [5.41, 5.74) is 10.1. The summed E-state index contributed by atoms with van der Waals surface area (Å²) in [6.45, 7) is 7.23. The summed E-state index contributed by atoms with van der Waals surface area (Å²) < 4.78 is 0. The molecule has 4 rings (SSSR count). The third kappa shape index (κ3) is 4.71. The lowest BCUT2D eigenvalue weighted by Gasteiger charge is -1.98. The number of amidine groups is 1. The molecule has 0 unspecified atom stereocenters. The number of benzene rings is 2. The van der Waals surface area contributed by atoms with E-state index in [9.17, 15) is 0 Å². The Balaban J connectivity index is 0.000000198. The molecular formula is C22H25N5O. The molecule has 0 saturated carbocycles. The number of oxime groups is 1. The summed E-state index contributed by atoms with van der Waals surface area (Å²) >= 11 is 0. The van der Waals surface area contributed by atoms with Gasteiger partial charge < -0.3 is 25.4 Å². The van der Waals surface area contributed by atoms with Gasteiger partial charge in [0, 0.05) is 40.6 Å². The van der Waals surface area contributed by atoms with Crippen LogP contribution in [0.15, 0.2) is 66.1 Å². The number of hydrogen-bond donors (Lipinski definition) is 3. The number of nitrogens with two attached hydrogens (primary N) is 1. The molecule has 0 aliphatic carbocycles. The quantitative estimate of drug-likeness (QED) is 0.206. The van der Waals surface area contributed by atoms with Crippen LogP contribution in [0, 0.1) is 6.57 Å². The molecule has 0 bridgehead atoms. The lowest BCUT2D eigenvalue weighted by atomic mass is 10.1. The second kappa shape index (κ2) is 9.83. The van der Waals surface area contributed by atoms with Crippen molar-refractivity contribution in [1.29, 1.82) is 0 Å². The molecule has 4 N–H and O–H groups in total. The monoisotopic (exact) mass is 375 g/mol. The molecule has 28 heavy (non-hydrogen) atoms. The first-order valence-electron chi connectivity index (χ1n) is 8.51. The van der Waals surface area contributed by atoms with E-state index in [4.69, 9.17) is 12.3 Å². The van der Waals surface area contributed by atoms with E-state index in [2.05, 4.69) is 30.9 Å². The Morgan fingerprint density at radius 1 is 1.00 bits per heavy atom. The minimum atomic E-state index is 0. The summed E-state index contributed by atoms with van der Waals surface area (Å²) in [6.07, 6.45) is 4.45. The van der Waals surface area contributed by atoms with Crippen molar-refractivity contribution in [2.45, 2.75) is 20.4 Å². The van der Waals surface area contributed by atoms with Gasteiger partial charge in [0.25, 0.3) is 0 Å². The van der Waals surface area contributed by atoms with Crippen LogP contribution >= 0.6 is 0 Å². The van der Waals surface area contributed by atoms with E-state index in [1.165, 1.54) is 12.5 Å². The molecule has 0 radical (unpaired) electrons. The summed E-state index contributed by atoms with van der Waals surface area (Å²) in [5, 5.41) is 6.02. The first-order chi connectivity index (χ1) is 13.2. The van der Waals surface area contributed by atoms with E-state index in [0.29, 0.717) is 18.8 Å². The molecule has 0 amide bonds. The van der Waals surface area contributed by atoms with Crippen molar-refractivity contribution in [2.75, 3.05) is 7.11 Å². The van der Waals surface area contributed by atoms with Gasteiger partial charge in [0.15, 0.2) is 0 Å². The van der Waals surface area contributed by atoms with Crippen molar-refractivity contribution < 1.29 is 4.84 Å². The second-order valence-electron chi connectivity index (χ2n) is 5.98. The minimum absolute atomic E-state index is 0. The first kappa shape index (κ1) is 20.6. The lowest BCUT2D eigenvalue weighted by Crippen LogP contribution is -2.14. The molecule has 6 heteroatoms. The standard InChI is InChI=1S/C11H13N3O.C10H8N2.CH4/c1-15-14-11(12)6-8-7-13-10-5-3-2-4-9(8)10;1-11-6-8-7-12-10-5-3-2-4-9(8)10;/h2-5,7,13H,6H2,1H3,(H2,12,14);2-5,7,12H,6H2;1H4. The first-order valence-corrected chi connectivity index (χ1v) is 8.51. The predicted octanol–water partition coefficient (Wildman–Crippen LogP) is 4.85. The molecule has 2 aromatic heterocycles. The van der Waals surface area contributed by atoms with Gasteiger partial charge in [-0.1, -0.05) is 49.0 Å². The number of para-hydroxylation sites is 2. The van der Waals surface area contributed by atoms with Crippen molar-refractivity contribution in [1.82, 2.24) is 9.97 Å². The fraction of sp³-hybridized carbons (Fsp3) is 0.182. The topological polar surface area (TPSA) is 83.6 Å². The highest BCUT2D eigenvalue weighted by Gasteiger charge is 2.04. The van der Waals surface area contributed by atoms with E-state index in [-0.39, 0.29) is 7.43 Å². The number of nitrogens with zero attached hydrogens (tertiary/aromatic N) is 2. The van der Waals surface area contributed by atoms with Crippen LogP contribution in [0.3, 0.4) is 0 Å². The van der Waals surface area contributed by atoms with Gasteiger partial charge in [-0.05, 0) is 17.7 Å². The smallest absolute Gasteiger partial charge is 0.241 e. The number of nitrogens with one attached hydrogen (secondary N) is 2. The molecule has 0 saturated heterocycles. The van der Waals surface area contributed by atoms with E-state index >= 15 is 0 Å². The number of rotatable bonds is 4. The molecule has 0 atom stereocenters. The van der Waals surface area contributed by atoms with Crippen LogP contribution in [0.2, 0.25) is 0 Å². The molecule has 0 fully saturated rings. The van der Waals surface area contributed by atoms with Crippen LogP contribution in [0.1, 0.15) is 18.6 Å². The zero-order valence-corrected chi connectivity index (χ0v) is 15.1. The zero-order chi connectivity index (χ0) is 19.1. The Hall–Kier alpha value is -3.72. The van der Waals surface area contributed by atoms with Crippen molar-refractivity contribution >= 4 is 27.6 Å². The summed E-state index contributed by atoms with van der Waals surface area (Å²) in [5.74, 6) is 0.474. The minimum Gasteiger partial charge on any atom is -0.398 e. The number of hydrogen-bond acceptors (Lipinski definition) is 2. The van der Waals surface area contributed by atoms with E-state index in [1.807, 2.05) is 54.9 Å². The molecule has 2 heterocycles. The largest absolute Gasteiger partial charge is 0.398 e. The molecule has 2 aromatic carbocycles. The average Bonchev–Trinajstić information content (AvgIpc) is 3.28. The number of aromatic amines is 2. The van der Waals surface area contributed by atoms with Gasteiger partial charge in [-0.2, -0.15) is 0 Å². The lowest BCUT2D eigenvalue weighted by molar-refractivity contribution is 0.212. The highest BCUT2D eigenvalue weighted by molar-refractivity contribution is 5.90. The maximum atomic E-state index is 6.77. The number of aromatic nitrogens is 2. The van der Waals surface area contributed by atoms with Crippen LogP contribution in [0.25, 0.3) is 26.7 Å². The summed E-state index contributed by atoms with van der Waals surface area (Å²) in [7, 11) is 1.49. The van der Waals surface area contributed by atoms with Crippen molar-refractivity contribution in [3.8, 4) is 0 Å². The molecule has 144 valence electrons. The Bertz CT molecular complexity index is 1100. The van der Waals surface area contributed by atoms with Gasteiger partial charge in [-0.3, -0.25) is 0 Å². The fourth-order valence-corrected chi connectivity index (χ4v) is 2.97. The van der Waals surface area contributed by atoms with E-state index in [0.717, 1.165) is 27.5 Å². The van der Waals surface area contributed by atoms with Gasteiger partial charge in [-0.25, -0.2) is 6.57 Å². The third-order valence-corrected chi connectivity index (χ3v) is 4.18. The van der Waals surface area contributed by atoms with Gasteiger partial charge in [0.2, 0.25) is 6.54 Å². The van der Waals surface area contributed by atoms with E-state index in [1.54, 1.807) is 0 Å². The Morgan fingerprint density at radius 2 is 1.54 bits per heavy atom. The maximum absolute atomic E-state index is 6.77. The Kier molecular flexibility index (Phi) is 7.23. The average molecular weight is 375 g/mol. The van der Waals surface area contributed by atoms with Crippen molar-refractivity contribution in [3.05, 3.63) is 83.5 Å². The Morgan fingerprint density at radius 3 is 2.11 bits per heavy atom. The summed E-state index contributed by atoms with van der Waals surface area (Å²) in [4.78, 5) is 14.3. The predicted molar refractivity (Wildman–Crippen MR) is 116 cm³/mol. The van der Waals surface area contributed by atoms with Crippen LogP contribution in [-0.2, 0) is 17.8 Å². The zero-order valence-electron chi connectivity index (χ0n) is 15.1. The van der Waals surface area contributed by atoms with Crippen LogP contribution < -0.4 is 5.73 Å². The fourth-order valence-electron chi connectivity index (χ4n) is 2.97. The number of H-pyrrole nitrogens is 2. The maximum Gasteiger partial charge on any atom is 0.241 e.